The van der Waals surface area contributed by atoms with Gasteiger partial charge in [-0.1, -0.05) is 77.0 Å². The minimum atomic E-state index is -0.221. The van der Waals surface area contributed by atoms with Crippen LogP contribution < -0.4 is 0 Å². The van der Waals surface area contributed by atoms with E-state index in [1.54, 1.807) is 0 Å². The van der Waals surface area contributed by atoms with Gasteiger partial charge in [0, 0.05) is 11.8 Å². The highest BCUT2D eigenvalue weighted by atomic mass is 127. The van der Waals surface area contributed by atoms with E-state index in [0.717, 1.165) is 61.2 Å². The SMILES string of the molecule is CC[C@H](CC[C@@H](C)[C@H]1CC[C@H]2[C@@H]3CC(=O)[C@@]4(I)C[C@@H](Cl)CC[C@]4(C)[C@H]3CC[C@]12C)C(C)C. The summed E-state index contributed by atoms with van der Waals surface area (Å²) in [6.45, 7) is 14.8. The van der Waals surface area contributed by atoms with Crippen molar-refractivity contribution in [3.8, 4) is 0 Å². The van der Waals surface area contributed by atoms with Crippen LogP contribution in [0.4, 0.5) is 0 Å². The van der Waals surface area contributed by atoms with Crippen LogP contribution in [-0.4, -0.2) is 14.6 Å². The van der Waals surface area contributed by atoms with Crippen molar-refractivity contribution in [3.63, 3.8) is 0 Å². The van der Waals surface area contributed by atoms with Crippen LogP contribution >= 0.6 is 34.2 Å². The predicted molar refractivity (Wildman–Crippen MR) is 146 cm³/mol. The van der Waals surface area contributed by atoms with Gasteiger partial charge in [-0.3, -0.25) is 4.79 Å². The number of fused-ring (bicyclic) bond motifs is 5. The molecule has 0 unspecified atom stereocenters. The summed E-state index contributed by atoms with van der Waals surface area (Å²) in [6.07, 6.45) is 13.6. The van der Waals surface area contributed by atoms with Gasteiger partial charge >= 0.3 is 0 Å². The number of ketones is 1. The number of carbonyl (C=O) groups excluding carboxylic acids is 1. The van der Waals surface area contributed by atoms with Gasteiger partial charge in [0.25, 0.3) is 0 Å². The smallest absolute Gasteiger partial charge is 0.149 e. The number of Topliss-reactive ketones (excluding diaryl/α,β-unsaturated/α-hetero) is 1. The number of carbonyl (C=O) groups is 1. The van der Waals surface area contributed by atoms with Gasteiger partial charge in [0.1, 0.15) is 5.78 Å². The molecule has 0 spiro atoms. The molecule has 1 nitrogen and oxygen atoms in total. The van der Waals surface area contributed by atoms with Crippen molar-refractivity contribution >= 4 is 40.0 Å². The summed E-state index contributed by atoms with van der Waals surface area (Å²) < 4.78 is -0.221. The molecule has 32 heavy (non-hydrogen) atoms. The van der Waals surface area contributed by atoms with E-state index in [0.29, 0.717) is 17.1 Å². The average Bonchev–Trinajstić information content (AvgIpc) is 3.08. The summed E-state index contributed by atoms with van der Waals surface area (Å²) in [5.41, 5.74) is 0.599. The first kappa shape index (κ1) is 25.8. The number of alkyl halides is 2. The first-order chi connectivity index (χ1) is 15.0. The lowest BCUT2D eigenvalue weighted by molar-refractivity contribution is -0.146. The zero-order valence-corrected chi connectivity index (χ0v) is 24.5. The van der Waals surface area contributed by atoms with Crippen molar-refractivity contribution in [1.82, 2.24) is 0 Å². The second-order valence-corrected chi connectivity index (χ2v) is 15.7. The van der Waals surface area contributed by atoms with Gasteiger partial charge in [-0.25, -0.2) is 0 Å². The first-order valence-electron chi connectivity index (χ1n) is 13.8. The Hall–Kier alpha value is 0.690. The van der Waals surface area contributed by atoms with Gasteiger partial charge in [0.05, 0.1) is 3.42 Å². The summed E-state index contributed by atoms with van der Waals surface area (Å²) in [6, 6.07) is 0. The van der Waals surface area contributed by atoms with Crippen LogP contribution in [0, 0.1) is 52.3 Å². The van der Waals surface area contributed by atoms with Crippen LogP contribution in [0.3, 0.4) is 0 Å². The summed E-state index contributed by atoms with van der Waals surface area (Å²) in [4.78, 5) is 13.7. The molecule has 0 saturated heterocycles. The van der Waals surface area contributed by atoms with Gasteiger partial charge in [0.15, 0.2) is 0 Å². The first-order valence-corrected chi connectivity index (χ1v) is 15.4. The molecule has 10 atom stereocenters. The Morgan fingerprint density at radius 1 is 1.03 bits per heavy atom. The molecule has 0 amide bonds. The molecule has 0 aliphatic heterocycles. The monoisotopic (exact) mass is 574 g/mol. The normalized spacial score (nSPS) is 48.2. The fraction of sp³-hybridized carbons (Fsp3) is 0.966. The molecule has 0 aromatic heterocycles. The highest BCUT2D eigenvalue weighted by molar-refractivity contribution is 14.1. The Labute approximate surface area is 217 Å². The molecule has 4 fully saturated rings. The van der Waals surface area contributed by atoms with Crippen molar-refractivity contribution < 1.29 is 4.79 Å². The molecule has 0 heterocycles. The van der Waals surface area contributed by atoms with Crippen LogP contribution in [0.2, 0.25) is 0 Å². The van der Waals surface area contributed by atoms with Gasteiger partial charge in [0.2, 0.25) is 0 Å². The lowest BCUT2D eigenvalue weighted by Crippen LogP contribution is -2.64. The Morgan fingerprint density at radius 3 is 2.41 bits per heavy atom. The van der Waals surface area contributed by atoms with Crippen LogP contribution in [0.1, 0.15) is 112 Å². The zero-order valence-electron chi connectivity index (χ0n) is 21.6. The summed E-state index contributed by atoms with van der Waals surface area (Å²) >= 11 is 9.18. The molecule has 4 aliphatic rings. The van der Waals surface area contributed by atoms with Crippen LogP contribution in [0.15, 0.2) is 0 Å². The van der Waals surface area contributed by atoms with E-state index in [1.165, 1.54) is 44.9 Å². The number of hydrogen-bond donors (Lipinski definition) is 0. The maximum absolute atomic E-state index is 13.7. The molecule has 4 saturated carbocycles. The lowest BCUT2D eigenvalue weighted by Gasteiger charge is -2.63. The average molecular weight is 575 g/mol. The van der Waals surface area contributed by atoms with Crippen molar-refractivity contribution in [2.75, 3.05) is 0 Å². The molecule has 3 heteroatoms. The molecule has 4 aliphatic carbocycles. The molecule has 0 N–H and O–H groups in total. The molecule has 0 radical (unpaired) electrons. The minimum Gasteiger partial charge on any atom is -0.298 e. The highest BCUT2D eigenvalue weighted by Crippen LogP contribution is 2.70. The molecule has 0 aromatic carbocycles. The van der Waals surface area contributed by atoms with E-state index in [9.17, 15) is 4.79 Å². The number of rotatable bonds is 6. The Morgan fingerprint density at radius 2 is 1.75 bits per heavy atom. The second-order valence-electron chi connectivity index (χ2n) is 13.3. The second kappa shape index (κ2) is 9.29. The van der Waals surface area contributed by atoms with E-state index >= 15 is 0 Å². The fourth-order valence-corrected chi connectivity index (χ4v) is 11.6. The third-order valence-electron chi connectivity index (χ3n) is 11.7. The molecule has 184 valence electrons. The topological polar surface area (TPSA) is 17.1 Å². The number of hydrogen-bond acceptors (Lipinski definition) is 1. The van der Waals surface area contributed by atoms with Crippen LogP contribution in [-0.2, 0) is 4.79 Å². The van der Waals surface area contributed by atoms with Crippen LogP contribution in [0.5, 0.6) is 0 Å². The van der Waals surface area contributed by atoms with Gasteiger partial charge < -0.3 is 0 Å². The van der Waals surface area contributed by atoms with E-state index in [1.807, 2.05) is 0 Å². The van der Waals surface area contributed by atoms with E-state index in [4.69, 9.17) is 11.6 Å². The highest BCUT2D eigenvalue weighted by Gasteiger charge is 2.67. The van der Waals surface area contributed by atoms with E-state index in [2.05, 4.69) is 64.1 Å². The standard InChI is InChI=1S/C29H48ClIO/c1-7-20(18(2)3)9-8-19(4)23-10-11-24-22-16-26(32)29(31)17-21(30)12-15-28(29,6)25(22)13-14-27(23,24)5/h18-25H,7-17H2,1-6H3/t19-,20-,21+,22+,23-,24+,25+,27-,28-,29+/m1/s1. The maximum Gasteiger partial charge on any atom is 0.149 e. The zero-order chi connectivity index (χ0) is 23.5. The largest absolute Gasteiger partial charge is 0.298 e. The van der Waals surface area contributed by atoms with Crippen molar-refractivity contribution in [1.29, 1.82) is 0 Å². The van der Waals surface area contributed by atoms with Gasteiger partial charge in [-0.05, 0) is 104 Å². The fourth-order valence-electron chi connectivity index (χ4n) is 9.61. The molecular formula is C29H48ClIO. The molecule has 4 rings (SSSR count). The predicted octanol–water partition coefficient (Wildman–Crippen LogP) is 9.09. The third-order valence-corrected chi connectivity index (χ3v) is 14.4. The summed E-state index contributed by atoms with van der Waals surface area (Å²) in [7, 11) is 0. The Balaban J connectivity index is 1.52. The van der Waals surface area contributed by atoms with Gasteiger partial charge in [-0.2, -0.15) is 0 Å². The van der Waals surface area contributed by atoms with Gasteiger partial charge in [-0.15, -0.1) is 11.6 Å². The molecule has 0 aromatic rings. The summed E-state index contributed by atoms with van der Waals surface area (Å²) in [5, 5.41) is 0.184. The third kappa shape index (κ3) is 3.96. The Bertz CT molecular complexity index is 707. The quantitative estimate of drug-likeness (QED) is 0.228. The minimum absolute atomic E-state index is 0.148. The van der Waals surface area contributed by atoms with Crippen molar-refractivity contribution in [3.05, 3.63) is 0 Å². The Kier molecular flexibility index (Phi) is 7.48. The van der Waals surface area contributed by atoms with E-state index < -0.39 is 0 Å². The molecule has 0 bridgehead atoms. The van der Waals surface area contributed by atoms with Crippen LogP contribution in [0.25, 0.3) is 0 Å². The lowest BCUT2D eigenvalue weighted by atomic mass is 9.44. The van der Waals surface area contributed by atoms with Crippen molar-refractivity contribution in [2.24, 2.45) is 52.3 Å². The van der Waals surface area contributed by atoms with E-state index in [-0.39, 0.29) is 14.2 Å². The summed E-state index contributed by atoms with van der Waals surface area (Å²) in [5.74, 6) is 6.00. The molecular weight excluding hydrogens is 527 g/mol. The maximum atomic E-state index is 13.7. The number of halogens is 2. The van der Waals surface area contributed by atoms with Crippen molar-refractivity contribution in [2.45, 2.75) is 121 Å².